The number of urea groups is 1. The van der Waals surface area contributed by atoms with Gasteiger partial charge in [-0.05, 0) is 43.0 Å². The van der Waals surface area contributed by atoms with Crippen molar-refractivity contribution < 1.29 is 26.8 Å². The number of alkyl halides is 3. The predicted octanol–water partition coefficient (Wildman–Crippen LogP) is 4.92. The van der Waals surface area contributed by atoms with Crippen LogP contribution in [0.1, 0.15) is 43.5 Å². The molecule has 2 fully saturated rings. The Bertz CT molecular complexity index is 1250. The molecule has 12 heteroatoms. The standard InChI is InChI=1S/C22H20F4N6O2/c1-11-6-13-10-21(9-11,19-31-29-12(2)34-19)32(13)20(33)28-18-7-14(17-4-3-5-27-30-17)15(8-16(18)23)22(24,25)26/h3-5,7-8,11,13H,6,9-10H2,1-2H3,(H,28,33)/t11-,13+,21-/m1/s1. The Kier molecular flexibility index (Phi) is 5.06. The van der Waals surface area contributed by atoms with Crippen LogP contribution >= 0.6 is 0 Å². The summed E-state index contributed by atoms with van der Waals surface area (Å²) in [7, 11) is 0. The van der Waals surface area contributed by atoms with Crippen molar-refractivity contribution in [3.8, 4) is 11.3 Å². The third-order valence-electron chi connectivity index (χ3n) is 6.41. The van der Waals surface area contributed by atoms with E-state index in [-0.39, 0.29) is 11.7 Å². The summed E-state index contributed by atoms with van der Waals surface area (Å²) in [6, 6.07) is 3.26. The van der Waals surface area contributed by atoms with Crippen LogP contribution in [0.2, 0.25) is 0 Å². The third kappa shape index (κ3) is 3.57. The van der Waals surface area contributed by atoms with Crippen molar-refractivity contribution in [2.45, 2.75) is 50.9 Å². The minimum Gasteiger partial charge on any atom is -0.423 e. The fourth-order valence-electron chi connectivity index (χ4n) is 5.17. The van der Waals surface area contributed by atoms with E-state index < -0.39 is 40.4 Å². The molecule has 2 aromatic heterocycles. The van der Waals surface area contributed by atoms with E-state index in [4.69, 9.17) is 4.42 Å². The van der Waals surface area contributed by atoms with Gasteiger partial charge in [0.1, 0.15) is 11.4 Å². The molecule has 178 valence electrons. The van der Waals surface area contributed by atoms with Gasteiger partial charge in [0.25, 0.3) is 0 Å². The number of carbonyl (C=O) groups excluding carboxylic acids is 1. The second-order valence-corrected chi connectivity index (χ2v) is 8.85. The zero-order valence-electron chi connectivity index (χ0n) is 18.2. The Labute approximate surface area is 191 Å². The van der Waals surface area contributed by atoms with Crippen molar-refractivity contribution in [2.24, 2.45) is 5.92 Å². The molecule has 1 aromatic carbocycles. The van der Waals surface area contributed by atoms with Crippen LogP contribution in [0.15, 0.2) is 34.9 Å². The first-order valence-electron chi connectivity index (χ1n) is 10.7. The number of hydrogen-bond donors (Lipinski definition) is 1. The number of aromatic nitrogens is 4. The molecule has 1 aliphatic heterocycles. The first kappa shape index (κ1) is 22.2. The Morgan fingerprint density at radius 2 is 2.03 bits per heavy atom. The van der Waals surface area contributed by atoms with Crippen molar-refractivity contribution in [3.05, 3.63) is 53.6 Å². The van der Waals surface area contributed by atoms with E-state index in [2.05, 4.69) is 32.6 Å². The van der Waals surface area contributed by atoms with Gasteiger partial charge in [-0.15, -0.1) is 10.2 Å². The number of benzene rings is 1. The fourth-order valence-corrected chi connectivity index (χ4v) is 5.17. The molecule has 3 atom stereocenters. The van der Waals surface area contributed by atoms with Gasteiger partial charge in [0.15, 0.2) is 0 Å². The lowest BCUT2D eigenvalue weighted by molar-refractivity contribution is -0.137. The topological polar surface area (TPSA) is 97.0 Å². The Morgan fingerprint density at radius 1 is 1.24 bits per heavy atom. The van der Waals surface area contributed by atoms with Crippen LogP contribution in [-0.4, -0.2) is 37.4 Å². The van der Waals surface area contributed by atoms with E-state index in [1.807, 2.05) is 0 Å². The molecule has 5 rings (SSSR count). The van der Waals surface area contributed by atoms with E-state index in [0.29, 0.717) is 36.6 Å². The van der Waals surface area contributed by atoms with Crippen molar-refractivity contribution in [3.63, 3.8) is 0 Å². The molecule has 0 unspecified atom stereocenters. The Balaban J connectivity index is 1.50. The maximum atomic E-state index is 14.8. The summed E-state index contributed by atoms with van der Waals surface area (Å²) in [5, 5.41) is 17.8. The summed E-state index contributed by atoms with van der Waals surface area (Å²) >= 11 is 0. The van der Waals surface area contributed by atoms with Gasteiger partial charge in [0.2, 0.25) is 11.8 Å². The van der Waals surface area contributed by atoms with Gasteiger partial charge in [-0.25, -0.2) is 9.18 Å². The number of nitrogens with zero attached hydrogens (tertiary/aromatic N) is 5. The number of fused-ring (bicyclic) bond motifs is 2. The number of halogens is 4. The number of likely N-dealkylation sites (tertiary alicyclic amines) is 1. The van der Waals surface area contributed by atoms with Crippen LogP contribution in [0.5, 0.6) is 0 Å². The second kappa shape index (κ2) is 7.74. The zero-order chi connectivity index (χ0) is 24.3. The number of hydrogen-bond acceptors (Lipinski definition) is 6. The molecule has 0 radical (unpaired) electrons. The van der Waals surface area contributed by atoms with Gasteiger partial charge < -0.3 is 14.6 Å². The molecule has 1 saturated heterocycles. The molecule has 8 nitrogen and oxygen atoms in total. The molecule has 0 spiro atoms. The summed E-state index contributed by atoms with van der Waals surface area (Å²) in [4.78, 5) is 14.8. The molecular formula is C22H20F4N6O2. The number of piperidine rings is 1. The number of anilines is 1. The second-order valence-electron chi connectivity index (χ2n) is 8.85. The molecule has 34 heavy (non-hydrogen) atoms. The highest BCUT2D eigenvalue weighted by atomic mass is 19.4. The third-order valence-corrected chi connectivity index (χ3v) is 6.41. The SMILES string of the molecule is Cc1nnc([C@@]23C[C@H](C)C[C@@H](C2)N3C(=O)Nc2cc(-c3cccnn3)c(C(F)(F)F)cc2F)o1. The normalized spacial score (nSPS) is 24.0. The number of nitrogens with one attached hydrogen (secondary N) is 1. The monoisotopic (exact) mass is 476 g/mol. The number of aryl methyl sites for hydroxylation is 1. The number of amides is 2. The van der Waals surface area contributed by atoms with Gasteiger partial charge >= 0.3 is 12.2 Å². The average Bonchev–Trinajstić information content (AvgIpc) is 3.21. The van der Waals surface area contributed by atoms with Crippen molar-refractivity contribution in [1.82, 2.24) is 25.3 Å². The van der Waals surface area contributed by atoms with Crippen LogP contribution in [0.4, 0.5) is 28.0 Å². The predicted molar refractivity (Wildman–Crippen MR) is 111 cm³/mol. The lowest BCUT2D eigenvalue weighted by atomic mass is 9.64. The molecule has 2 bridgehead atoms. The highest BCUT2D eigenvalue weighted by Crippen LogP contribution is 2.55. The molecular weight excluding hydrogens is 456 g/mol. The first-order valence-corrected chi connectivity index (χ1v) is 10.7. The van der Waals surface area contributed by atoms with E-state index >= 15 is 0 Å². The molecule has 2 aliphatic rings. The summed E-state index contributed by atoms with van der Waals surface area (Å²) in [5.74, 6) is -0.263. The van der Waals surface area contributed by atoms with E-state index in [0.717, 1.165) is 12.5 Å². The minimum absolute atomic E-state index is 0.0993. The molecule has 1 N–H and O–H groups in total. The van der Waals surface area contributed by atoms with Crippen LogP contribution in [-0.2, 0) is 11.7 Å². The highest BCUT2D eigenvalue weighted by molar-refractivity contribution is 5.92. The molecule has 1 saturated carbocycles. The van der Waals surface area contributed by atoms with Crippen LogP contribution in [0.25, 0.3) is 11.3 Å². The Morgan fingerprint density at radius 3 is 2.68 bits per heavy atom. The van der Waals surface area contributed by atoms with E-state index in [1.54, 1.807) is 11.8 Å². The van der Waals surface area contributed by atoms with Crippen molar-refractivity contribution >= 4 is 11.7 Å². The lowest BCUT2D eigenvalue weighted by Gasteiger charge is -2.61. The van der Waals surface area contributed by atoms with Gasteiger partial charge in [0.05, 0.1) is 16.9 Å². The van der Waals surface area contributed by atoms with Gasteiger partial charge in [-0.2, -0.15) is 23.4 Å². The van der Waals surface area contributed by atoms with Gasteiger partial charge in [0, 0.05) is 31.1 Å². The summed E-state index contributed by atoms with van der Waals surface area (Å²) < 4.78 is 61.2. The first-order chi connectivity index (χ1) is 16.1. The molecule has 1 aliphatic carbocycles. The number of carbonyl (C=O) groups is 1. The minimum atomic E-state index is -4.83. The van der Waals surface area contributed by atoms with Crippen LogP contribution in [0, 0.1) is 18.7 Å². The van der Waals surface area contributed by atoms with E-state index in [9.17, 15) is 22.4 Å². The summed E-state index contributed by atoms with van der Waals surface area (Å²) in [5.41, 5.74) is -2.93. The largest absolute Gasteiger partial charge is 0.423 e. The molecule has 2 amide bonds. The molecule has 3 aromatic rings. The smallest absolute Gasteiger partial charge is 0.417 e. The summed E-state index contributed by atoms with van der Waals surface area (Å²) in [6.07, 6.45) is -1.58. The van der Waals surface area contributed by atoms with Gasteiger partial charge in [-0.3, -0.25) is 0 Å². The Hall–Kier alpha value is -3.57. The highest BCUT2D eigenvalue weighted by Gasteiger charge is 2.62. The maximum Gasteiger partial charge on any atom is 0.417 e. The lowest BCUT2D eigenvalue weighted by Crippen LogP contribution is -2.70. The molecule has 3 heterocycles. The number of rotatable bonds is 3. The zero-order valence-corrected chi connectivity index (χ0v) is 18.2. The van der Waals surface area contributed by atoms with Crippen molar-refractivity contribution in [2.75, 3.05) is 5.32 Å². The fraction of sp³-hybridized carbons (Fsp3) is 0.409. The van der Waals surface area contributed by atoms with Crippen molar-refractivity contribution in [1.29, 1.82) is 0 Å². The summed E-state index contributed by atoms with van der Waals surface area (Å²) in [6.45, 7) is 3.70. The van der Waals surface area contributed by atoms with Crippen LogP contribution < -0.4 is 5.32 Å². The van der Waals surface area contributed by atoms with Crippen LogP contribution in [0.3, 0.4) is 0 Å². The van der Waals surface area contributed by atoms with Gasteiger partial charge in [-0.1, -0.05) is 6.92 Å². The average molecular weight is 476 g/mol. The van der Waals surface area contributed by atoms with E-state index in [1.165, 1.54) is 18.3 Å². The quantitative estimate of drug-likeness (QED) is 0.539. The maximum absolute atomic E-state index is 14.8.